The average Bonchev–Trinajstić information content (AvgIpc) is 2.73. The number of hydrogen-bond acceptors (Lipinski definition) is 2. The van der Waals surface area contributed by atoms with Crippen LogP contribution in [0.15, 0.2) is 0 Å². The maximum Gasteiger partial charge on any atom is 0.0573 e. The molecule has 2 aliphatic carbocycles. The first-order chi connectivity index (χ1) is 9.09. The molecule has 2 rings (SSSR count). The van der Waals surface area contributed by atoms with Crippen LogP contribution in [0.1, 0.15) is 58.8 Å². The third-order valence-electron chi connectivity index (χ3n) is 5.64. The summed E-state index contributed by atoms with van der Waals surface area (Å²) < 4.78 is 0. The molecule has 0 spiro atoms. The first-order valence-corrected chi connectivity index (χ1v) is 7.84. The molecule has 11 heteroatoms. The van der Waals surface area contributed by atoms with Crippen molar-refractivity contribution in [3.05, 3.63) is 0 Å². The minimum absolute atomic E-state index is 0. The van der Waals surface area contributed by atoms with Gasteiger partial charge in [-0.1, -0.05) is 20.3 Å². The molecule has 0 aromatic heterocycles. The zero-order valence-corrected chi connectivity index (χ0v) is 43.1. The molecule has 28 heavy (non-hydrogen) atoms. The standard InChI is InChI=1S/C17H28O2.9Y/c1-13(7-4-3-5-12-18)14-9-10-15-16(19)8-6-11-17(14,15)2;;;;;;;;;/h13-16,18-19H,5-12H2,1-2H3;;;;;;;;;/t13-,14?,15+,16+,17-;;;;;;;;;/m1........./s1. The number of hydrogen-bond donors (Lipinski definition) is 2. The van der Waals surface area contributed by atoms with Crippen molar-refractivity contribution in [3.63, 3.8) is 0 Å². The smallest absolute Gasteiger partial charge is 0.0573 e. The third-order valence-corrected chi connectivity index (χ3v) is 5.64. The van der Waals surface area contributed by atoms with E-state index in [2.05, 4.69) is 25.7 Å². The van der Waals surface area contributed by atoms with Crippen molar-refractivity contribution < 1.29 is 305 Å². The molecular weight excluding hydrogens is 1040 g/mol. The molecule has 1 unspecified atom stereocenters. The Hall–Kier alpha value is 9.42. The summed E-state index contributed by atoms with van der Waals surface area (Å²) in [4.78, 5) is 0. The van der Waals surface area contributed by atoms with E-state index in [0.29, 0.717) is 29.6 Å². The van der Waals surface area contributed by atoms with E-state index < -0.39 is 0 Å². The zero-order chi connectivity index (χ0) is 13.9. The van der Waals surface area contributed by atoms with E-state index >= 15 is 0 Å². The average molecular weight is 1060 g/mol. The predicted molar refractivity (Wildman–Crippen MR) is 77.4 cm³/mol. The molecule has 0 aromatic rings. The van der Waals surface area contributed by atoms with Crippen LogP contribution in [0.2, 0.25) is 0 Å². The molecule has 0 aromatic carbocycles. The van der Waals surface area contributed by atoms with Crippen molar-refractivity contribution in [2.24, 2.45) is 23.2 Å². The fourth-order valence-electron chi connectivity index (χ4n) is 4.64. The van der Waals surface area contributed by atoms with Crippen LogP contribution >= 0.6 is 0 Å². The van der Waals surface area contributed by atoms with Gasteiger partial charge in [-0.15, -0.1) is 11.8 Å². The van der Waals surface area contributed by atoms with Gasteiger partial charge in [-0.25, -0.2) is 0 Å². The summed E-state index contributed by atoms with van der Waals surface area (Å²) in [6.45, 7) is 4.87. The SMILES string of the molecule is C[C@H](CC#CCCO)C1CC[C@H]2[C@@H](O)CCC[C@]12C.[Y].[Y].[Y].[Y].[Y].[Y].[Y].[Y].[Y]. The van der Waals surface area contributed by atoms with Gasteiger partial charge >= 0.3 is 0 Å². The van der Waals surface area contributed by atoms with E-state index in [1.54, 1.807) is 0 Å². The number of fused-ring (bicyclic) bond motifs is 1. The minimum Gasteiger partial charge on any atom is -0.395 e. The van der Waals surface area contributed by atoms with E-state index in [4.69, 9.17) is 5.11 Å². The van der Waals surface area contributed by atoms with E-state index in [9.17, 15) is 5.11 Å². The first-order valence-electron chi connectivity index (χ1n) is 7.84. The number of aliphatic hydroxyl groups excluding tert-OH is 2. The molecule has 5 atom stereocenters. The van der Waals surface area contributed by atoms with Crippen LogP contribution in [-0.4, -0.2) is 22.9 Å². The van der Waals surface area contributed by atoms with Crippen LogP contribution in [0.4, 0.5) is 0 Å². The van der Waals surface area contributed by atoms with E-state index in [1.165, 1.54) is 25.7 Å². The Morgan fingerprint density at radius 1 is 0.893 bits per heavy atom. The summed E-state index contributed by atoms with van der Waals surface area (Å²) in [5, 5.41) is 19.0. The summed E-state index contributed by atoms with van der Waals surface area (Å²) in [5.41, 5.74) is 0.329. The van der Waals surface area contributed by atoms with Gasteiger partial charge in [0, 0.05) is 307 Å². The molecule has 0 heterocycles. The summed E-state index contributed by atoms with van der Waals surface area (Å²) in [5.74, 6) is 8.07. The molecule has 9 radical (unpaired) electrons. The van der Waals surface area contributed by atoms with Gasteiger partial charge in [0.25, 0.3) is 0 Å². The summed E-state index contributed by atoms with van der Waals surface area (Å²) in [6, 6.07) is 0. The van der Waals surface area contributed by atoms with Crippen molar-refractivity contribution >= 4 is 0 Å². The van der Waals surface area contributed by atoms with Crippen molar-refractivity contribution in [1.82, 2.24) is 0 Å². The van der Waals surface area contributed by atoms with E-state index in [0.717, 1.165) is 12.8 Å². The fraction of sp³-hybridized carbons (Fsp3) is 0.882. The van der Waals surface area contributed by atoms with Gasteiger partial charge in [-0.05, 0) is 48.9 Å². The molecule has 0 saturated heterocycles. The van der Waals surface area contributed by atoms with E-state index in [-0.39, 0.29) is 307 Å². The summed E-state index contributed by atoms with van der Waals surface area (Å²) in [7, 11) is 0. The maximum atomic E-state index is 10.2. The second kappa shape index (κ2) is 32.6. The van der Waals surface area contributed by atoms with Crippen LogP contribution in [0.25, 0.3) is 0 Å². The van der Waals surface area contributed by atoms with Crippen LogP contribution in [0.5, 0.6) is 0 Å². The molecule has 0 bridgehead atoms. The van der Waals surface area contributed by atoms with Crippen LogP contribution in [-0.2, 0) is 294 Å². The monoisotopic (exact) mass is 1060 g/mol. The molecule has 2 fully saturated rings. The quantitative estimate of drug-likeness (QED) is 0.428. The minimum atomic E-state index is -0.0728. The number of aliphatic hydroxyl groups is 2. The van der Waals surface area contributed by atoms with Gasteiger partial charge in [0.1, 0.15) is 0 Å². The predicted octanol–water partition coefficient (Wildman–Crippen LogP) is 2.95. The Kier molecular flexibility index (Phi) is 66.8. The fourth-order valence-corrected chi connectivity index (χ4v) is 4.64. The molecule has 2 saturated carbocycles. The number of rotatable bonds is 3. The Morgan fingerprint density at radius 3 is 1.93 bits per heavy atom. The normalized spacial score (nSPS) is 26.6. The molecular formula is C17H28O2Y9. The Labute approximate surface area is 400 Å². The third kappa shape index (κ3) is 18.7. The van der Waals surface area contributed by atoms with Crippen molar-refractivity contribution in [2.75, 3.05) is 6.61 Å². The van der Waals surface area contributed by atoms with Gasteiger partial charge in [-0.2, -0.15) is 0 Å². The molecule has 2 N–H and O–H groups in total. The van der Waals surface area contributed by atoms with Gasteiger partial charge in [-0.3, -0.25) is 0 Å². The Balaban J connectivity index is -0.0000000741. The second-order valence-electron chi connectivity index (χ2n) is 6.76. The largest absolute Gasteiger partial charge is 0.395 e. The van der Waals surface area contributed by atoms with Gasteiger partial charge in [0.05, 0.1) is 12.7 Å². The topological polar surface area (TPSA) is 40.5 Å². The maximum absolute atomic E-state index is 10.2. The molecule has 135 valence electrons. The molecule has 2 nitrogen and oxygen atoms in total. The van der Waals surface area contributed by atoms with Crippen LogP contribution in [0, 0.1) is 35.0 Å². The van der Waals surface area contributed by atoms with Gasteiger partial charge in [0.2, 0.25) is 0 Å². The van der Waals surface area contributed by atoms with Crippen molar-refractivity contribution in [2.45, 2.75) is 64.9 Å². The summed E-state index contributed by atoms with van der Waals surface area (Å²) >= 11 is 0. The molecule has 2 aliphatic rings. The molecule has 0 aliphatic heterocycles. The Morgan fingerprint density at radius 2 is 1.43 bits per heavy atom. The molecule has 0 amide bonds. The van der Waals surface area contributed by atoms with Crippen molar-refractivity contribution in [1.29, 1.82) is 0 Å². The first kappa shape index (κ1) is 57.3. The van der Waals surface area contributed by atoms with Gasteiger partial charge < -0.3 is 10.2 Å². The van der Waals surface area contributed by atoms with Crippen LogP contribution in [0.3, 0.4) is 0 Å². The van der Waals surface area contributed by atoms with Crippen molar-refractivity contribution in [3.8, 4) is 11.8 Å². The second-order valence-corrected chi connectivity index (χ2v) is 6.76. The van der Waals surface area contributed by atoms with E-state index in [1.807, 2.05) is 0 Å². The summed E-state index contributed by atoms with van der Waals surface area (Å²) in [6.07, 6.45) is 7.34. The van der Waals surface area contributed by atoms with Gasteiger partial charge in [0.15, 0.2) is 0 Å². The Bertz CT molecular complexity index is 379. The van der Waals surface area contributed by atoms with Crippen LogP contribution < -0.4 is 0 Å². The zero-order valence-electron chi connectivity index (χ0n) is 17.6.